The summed E-state index contributed by atoms with van der Waals surface area (Å²) in [5.41, 5.74) is 1.04. The molecule has 1 aliphatic rings. The molecule has 3 rings (SSSR count). The first-order valence-electron chi connectivity index (χ1n) is 8.09. The second kappa shape index (κ2) is 8.67. The maximum absolute atomic E-state index is 6.03. The predicted octanol–water partition coefficient (Wildman–Crippen LogP) is 2.77. The third-order valence-electron chi connectivity index (χ3n) is 3.93. The molecular weight excluding hydrogens is 349 g/mol. The first-order valence-corrected chi connectivity index (χ1v) is 8.84. The molecule has 1 fully saturated rings. The number of anilines is 1. The lowest BCUT2D eigenvalue weighted by Crippen LogP contribution is -2.37. The summed E-state index contributed by atoms with van der Waals surface area (Å²) in [4.78, 5) is 2.42. The number of hydrogen-bond donors (Lipinski definition) is 1. The van der Waals surface area contributed by atoms with Crippen LogP contribution < -0.4 is 5.32 Å². The number of rotatable bonds is 7. The van der Waals surface area contributed by atoms with E-state index in [1.807, 2.05) is 18.3 Å². The van der Waals surface area contributed by atoms with Crippen LogP contribution in [0.4, 0.5) is 5.82 Å². The van der Waals surface area contributed by atoms with Gasteiger partial charge in [-0.05, 0) is 30.7 Å². The van der Waals surface area contributed by atoms with Crippen molar-refractivity contribution in [3.8, 4) is 0 Å². The minimum absolute atomic E-state index is 0.552. The Labute approximate surface area is 151 Å². The highest BCUT2D eigenvalue weighted by Crippen LogP contribution is 2.22. The molecule has 1 saturated heterocycles. The van der Waals surface area contributed by atoms with Gasteiger partial charge in [-0.1, -0.05) is 34.5 Å². The van der Waals surface area contributed by atoms with Crippen LogP contribution in [0.15, 0.2) is 24.4 Å². The van der Waals surface area contributed by atoms with Crippen LogP contribution in [0.3, 0.4) is 0 Å². The van der Waals surface area contributed by atoms with Crippen molar-refractivity contribution >= 4 is 29.0 Å². The Morgan fingerprint density at radius 1 is 1.17 bits per heavy atom. The topological polar surface area (TPSA) is 55.2 Å². The smallest absolute Gasteiger partial charge is 0.168 e. The lowest BCUT2D eigenvalue weighted by Gasteiger charge is -2.26. The Hall–Kier alpha value is -1.34. The first-order chi connectivity index (χ1) is 11.7. The van der Waals surface area contributed by atoms with Crippen LogP contribution in [0.1, 0.15) is 12.0 Å². The predicted molar refractivity (Wildman–Crippen MR) is 96.0 cm³/mol. The first kappa shape index (κ1) is 17.5. The van der Waals surface area contributed by atoms with Gasteiger partial charge in [0.15, 0.2) is 5.82 Å². The van der Waals surface area contributed by atoms with E-state index in [0.29, 0.717) is 16.6 Å². The molecule has 0 unspecified atom stereocenters. The molecule has 1 N–H and O–H groups in total. The van der Waals surface area contributed by atoms with Crippen molar-refractivity contribution in [3.63, 3.8) is 0 Å². The number of benzene rings is 1. The largest absolute Gasteiger partial charge is 0.379 e. The molecule has 24 heavy (non-hydrogen) atoms. The number of nitrogens with zero attached hydrogens (tertiary/aromatic N) is 4. The molecule has 0 spiro atoms. The monoisotopic (exact) mass is 369 g/mol. The van der Waals surface area contributed by atoms with E-state index in [2.05, 4.69) is 20.5 Å². The summed E-state index contributed by atoms with van der Waals surface area (Å²) in [6.07, 6.45) is 2.97. The van der Waals surface area contributed by atoms with E-state index >= 15 is 0 Å². The van der Waals surface area contributed by atoms with Gasteiger partial charge in [-0.3, -0.25) is 4.90 Å². The van der Waals surface area contributed by atoms with E-state index in [9.17, 15) is 0 Å². The number of morpholine rings is 1. The minimum Gasteiger partial charge on any atom is -0.379 e. The van der Waals surface area contributed by atoms with Gasteiger partial charge < -0.3 is 10.1 Å². The standard InChI is InChI=1S/C16H21Cl2N5O/c17-14-3-2-13(10-15(14)18)11-23-12-16(20-21-23)19-4-1-5-22-6-8-24-9-7-22/h2-3,10,12,19H,1,4-9,11H2. The van der Waals surface area contributed by atoms with Crippen LogP contribution in [0.2, 0.25) is 10.0 Å². The summed E-state index contributed by atoms with van der Waals surface area (Å²) < 4.78 is 7.13. The zero-order valence-electron chi connectivity index (χ0n) is 13.4. The van der Waals surface area contributed by atoms with Gasteiger partial charge in [0.1, 0.15) is 0 Å². The van der Waals surface area contributed by atoms with E-state index in [1.54, 1.807) is 10.7 Å². The number of hydrogen-bond acceptors (Lipinski definition) is 5. The Morgan fingerprint density at radius 2 is 2.00 bits per heavy atom. The molecule has 0 bridgehead atoms. The van der Waals surface area contributed by atoms with Gasteiger partial charge in [-0.15, -0.1) is 5.10 Å². The molecule has 1 aromatic heterocycles. The summed E-state index contributed by atoms with van der Waals surface area (Å²) in [7, 11) is 0. The van der Waals surface area contributed by atoms with Crippen molar-refractivity contribution in [2.24, 2.45) is 0 Å². The lowest BCUT2D eigenvalue weighted by atomic mass is 10.2. The average molecular weight is 370 g/mol. The zero-order valence-corrected chi connectivity index (χ0v) is 14.9. The molecular formula is C16H21Cl2N5O. The van der Waals surface area contributed by atoms with Gasteiger partial charge in [0.25, 0.3) is 0 Å². The van der Waals surface area contributed by atoms with Crippen molar-refractivity contribution in [3.05, 3.63) is 40.0 Å². The molecule has 0 aliphatic carbocycles. The molecule has 1 aromatic carbocycles. The van der Waals surface area contributed by atoms with Crippen LogP contribution in [0.25, 0.3) is 0 Å². The number of aromatic nitrogens is 3. The summed E-state index contributed by atoms with van der Waals surface area (Å²) in [5.74, 6) is 0.789. The Kier molecular flexibility index (Phi) is 6.31. The highest BCUT2D eigenvalue weighted by Gasteiger charge is 2.09. The van der Waals surface area contributed by atoms with Gasteiger partial charge in [0, 0.05) is 19.6 Å². The highest BCUT2D eigenvalue weighted by molar-refractivity contribution is 6.42. The number of nitrogens with one attached hydrogen (secondary N) is 1. The summed E-state index contributed by atoms with van der Waals surface area (Å²) >= 11 is 12.0. The molecule has 0 saturated carbocycles. The second-order valence-electron chi connectivity index (χ2n) is 5.78. The maximum atomic E-state index is 6.03. The molecule has 130 valence electrons. The summed E-state index contributed by atoms with van der Waals surface area (Å²) in [6, 6.07) is 5.58. The third-order valence-corrected chi connectivity index (χ3v) is 4.67. The van der Waals surface area contributed by atoms with Crippen molar-refractivity contribution in [2.75, 3.05) is 44.7 Å². The van der Waals surface area contributed by atoms with E-state index in [-0.39, 0.29) is 0 Å². The second-order valence-corrected chi connectivity index (χ2v) is 6.60. The third kappa shape index (κ3) is 5.08. The van der Waals surface area contributed by atoms with E-state index in [1.165, 1.54) is 0 Å². The molecule has 6 nitrogen and oxygen atoms in total. The Morgan fingerprint density at radius 3 is 2.79 bits per heavy atom. The van der Waals surface area contributed by atoms with E-state index in [4.69, 9.17) is 27.9 Å². The van der Waals surface area contributed by atoms with Crippen molar-refractivity contribution in [1.29, 1.82) is 0 Å². The van der Waals surface area contributed by atoms with Crippen LogP contribution in [0.5, 0.6) is 0 Å². The zero-order chi connectivity index (χ0) is 16.8. The van der Waals surface area contributed by atoms with Gasteiger partial charge >= 0.3 is 0 Å². The number of ether oxygens (including phenoxy) is 1. The minimum atomic E-state index is 0.552. The molecule has 2 heterocycles. The van der Waals surface area contributed by atoms with E-state index < -0.39 is 0 Å². The summed E-state index contributed by atoms with van der Waals surface area (Å²) in [5, 5.41) is 12.7. The van der Waals surface area contributed by atoms with Crippen LogP contribution in [0, 0.1) is 0 Å². The van der Waals surface area contributed by atoms with Gasteiger partial charge in [-0.2, -0.15) is 0 Å². The lowest BCUT2D eigenvalue weighted by molar-refractivity contribution is 0.0378. The SMILES string of the molecule is Clc1ccc(Cn2cc(NCCCN3CCOCC3)nn2)cc1Cl. The normalized spacial score (nSPS) is 15.6. The van der Waals surface area contributed by atoms with Crippen LogP contribution in [-0.4, -0.2) is 59.3 Å². The molecule has 2 aromatic rings. The molecule has 0 amide bonds. The van der Waals surface area contributed by atoms with Crippen molar-refractivity contribution < 1.29 is 4.74 Å². The molecule has 8 heteroatoms. The van der Waals surface area contributed by atoms with Crippen LogP contribution in [-0.2, 0) is 11.3 Å². The Balaban J connectivity index is 1.42. The Bertz CT molecular complexity index is 658. The van der Waals surface area contributed by atoms with Gasteiger partial charge in [0.2, 0.25) is 0 Å². The quantitative estimate of drug-likeness (QED) is 0.760. The van der Waals surface area contributed by atoms with E-state index in [0.717, 1.165) is 57.2 Å². The molecule has 1 aliphatic heterocycles. The summed E-state index contributed by atoms with van der Waals surface area (Å²) in [6.45, 7) is 6.31. The number of halogens is 2. The molecule has 0 radical (unpaired) electrons. The fraction of sp³-hybridized carbons (Fsp3) is 0.500. The van der Waals surface area contributed by atoms with Gasteiger partial charge in [0.05, 0.1) is 36.0 Å². The van der Waals surface area contributed by atoms with Crippen molar-refractivity contribution in [2.45, 2.75) is 13.0 Å². The molecule has 0 atom stereocenters. The highest BCUT2D eigenvalue weighted by atomic mass is 35.5. The average Bonchev–Trinajstić information content (AvgIpc) is 3.03. The van der Waals surface area contributed by atoms with Crippen LogP contribution >= 0.6 is 23.2 Å². The van der Waals surface area contributed by atoms with Crippen molar-refractivity contribution in [1.82, 2.24) is 19.9 Å². The maximum Gasteiger partial charge on any atom is 0.168 e. The fourth-order valence-electron chi connectivity index (χ4n) is 2.63. The van der Waals surface area contributed by atoms with Gasteiger partial charge in [-0.25, -0.2) is 4.68 Å². The fourth-order valence-corrected chi connectivity index (χ4v) is 2.95.